The van der Waals surface area contributed by atoms with Crippen LogP contribution in [-0.4, -0.2) is 24.8 Å². The first-order chi connectivity index (χ1) is 9.93. The molecular formula is C16H17F3N2. The Morgan fingerprint density at radius 3 is 2.67 bits per heavy atom. The van der Waals surface area contributed by atoms with E-state index in [4.69, 9.17) is 0 Å². The standard InChI is InChI=1S/C16H17F3N2/c1-21-9-3-2-4-13-12(10-20-11-14(13)21)5-6-15(7-8-15)16(17,18)19/h10-11H,2-4,7-9H2,1H3. The fraction of sp³-hybridized carbons (Fsp3) is 0.562. The van der Waals surface area contributed by atoms with E-state index in [9.17, 15) is 13.2 Å². The second-order valence-electron chi connectivity index (χ2n) is 5.89. The largest absolute Gasteiger partial charge is 0.405 e. The van der Waals surface area contributed by atoms with E-state index in [-0.39, 0.29) is 12.8 Å². The summed E-state index contributed by atoms with van der Waals surface area (Å²) in [5, 5.41) is 0. The van der Waals surface area contributed by atoms with E-state index in [1.807, 2.05) is 7.05 Å². The van der Waals surface area contributed by atoms with Crippen molar-refractivity contribution >= 4 is 5.69 Å². The molecule has 21 heavy (non-hydrogen) atoms. The van der Waals surface area contributed by atoms with Gasteiger partial charge >= 0.3 is 6.18 Å². The minimum absolute atomic E-state index is 0.117. The lowest BCUT2D eigenvalue weighted by Crippen LogP contribution is -2.22. The van der Waals surface area contributed by atoms with Crippen LogP contribution in [0.15, 0.2) is 12.4 Å². The van der Waals surface area contributed by atoms with Gasteiger partial charge in [0.05, 0.1) is 11.9 Å². The van der Waals surface area contributed by atoms with E-state index >= 15 is 0 Å². The predicted octanol–water partition coefficient (Wildman–Crippen LogP) is 3.55. The van der Waals surface area contributed by atoms with Crippen molar-refractivity contribution in [3.63, 3.8) is 0 Å². The van der Waals surface area contributed by atoms with Crippen molar-refractivity contribution in [2.45, 2.75) is 38.3 Å². The molecule has 0 radical (unpaired) electrons. The SMILES string of the molecule is CN1CCCCc2c(C#CC3(C(F)(F)F)CC3)cncc21. The number of pyridine rings is 1. The van der Waals surface area contributed by atoms with Crippen LogP contribution in [0.4, 0.5) is 18.9 Å². The number of fused-ring (bicyclic) bond motifs is 1. The molecule has 5 heteroatoms. The maximum Gasteiger partial charge on any atom is 0.405 e. The van der Waals surface area contributed by atoms with Crippen molar-refractivity contribution in [1.29, 1.82) is 0 Å². The Morgan fingerprint density at radius 1 is 1.24 bits per heavy atom. The zero-order valence-corrected chi connectivity index (χ0v) is 11.9. The van der Waals surface area contributed by atoms with Gasteiger partial charge in [-0.2, -0.15) is 13.2 Å². The van der Waals surface area contributed by atoms with Gasteiger partial charge in [0, 0.05) is 25.4 Å². The Kier molecular flexibility index (Phi) is 3.35. The third-order valence-corrected chi connectivity index (χ3v) is 4.35. The molecule has 0 aromatic carbocycles. The van der Waals surface area contributed by atoms with Crippen LogP contribution in [0.3, 0.4) is 0 Å². The number of hydrogen-bond donors (Lipinski definition) is 0. The van der Waals surface area contributed by atoms with Crippen molar-refractivity contribution in [2.24, 2.45) is 5.41 Å². The number of halogens is 3. The summed E-state index contributed by atoms with van der Waals surface area (Å²) in [5.41, 5.74) is 0.912. The first-order valence-corrected chi connectivity index (χ1v) is 7.21. The molecule has 3 rings (SSSR count). The molecule has 1 aliphatic heterocycles. The first kappa shape index (κ1) is 14.2. The molecule has 0 saturated heterocycles. The summed E-state index contributed by atoms with van der Waals surface area (Å²) in [6.45, 7) is 0.943. The quantitative estimate of drug-likeness (QED) is 0.680. The molecule has 0 unspecified atom stereocenters. The summed E-state index contributed by atoms with van der Waals surface area (Å²) in [7, 11) is 1.99. The monoisotopic (exact) mass is 294 g/mol. The molecule has 1 saturated carbocycles. The number of rotatable bonds is 0. The van der Waals surface area contributed by atoms with Crippen LogP contribution >= 0.6 is 0 Å². The number of aromatic nitrogens is 1. The summed E-state index contributed by atoms with van der Waals surface area (Å²) >= 11 is 0. The maximum atomic E-state index is 12.9. The van der Waals surface area contributed by atoms with E-state index in [0.717, 1.165) is 37.1 Å². The smallest absolute Gasteiger partial charge is 0.373 e. The van der Waals surface area contributed by atoms with Gasteiger partial charge < -0.3 is 4.90 Å². The van der Waals surface area contributed by atoms with Crippen LogP contribution in [0.1, 0.15) is 36.8 Å². The average molecular weight is 294 g/mol. The number of hydrogen-bond acceptors (Lipinski definition) is 2. The molecule has 0 amide bonds. The minimum Gasteiger partial charge on any atom is -0.373 e. The van der Waals surface area contributed by atoms with Crippen LogP contribution in [0.5, 0.6) is 0 Å². The second-order valence-corrected chi connectivity index (χ2v) is 5.89. The van der Waals surface area contributed by atoms with E-state index < -0.39 is 11.6 Å². The fourth-order valence-corrected chi connectivity index (χ4v) is 2.74. The molecule has 2 heterocycles. The van der Waals surface area contributed by atoms with Crippen LogP contribution < -0.4 is 4.90 Å². The van der Waals surface area contributed by atoms with E-state index in [0.29, 0.717) is 5.56 Å². The highest BCUT2D eigenvalue weighted by Crippen LogP contribution is 2.57. The predicted molar refractivity (Wildman–Crippen MR) is 75.0 cm³/mol. The molecule has 1 fully saturated rings. The van der Waals surface area contributed by atoms with Gasteiger partial charge in [-0.3, -0.25) is 4.98 Å². The van der Waals surface area contributed by atoms with Crippen molar-refractivity contribution in [2.75, 3.05) is 18.5 Å². The van der Waals surface area contributed by atoms with Gasteiger partial charge in [0.15, 0.2) is 0 Å². The molecule has 0 bridgehead atoms. The third-order valence-electron chi connectivity index (χ3n) is 4.35. The third kappa shape index (κ3) is 2.59. The van der Waals surface area contributed by atoms with Crippen molar-refractivity contribution < 1.29 is 13.2 Å². The summed E-state index contributed by atoms with van der Waals surface area (Å²) in [5.74, 6) is 5.25. The van der Waals surface area contributed by atoms with Crippen LogP contribution in [0, 0.1) is 17.3 Å². The Labute approximate surface area is 122 Å². The zero-order chi connectivity index (χ0) is 15.1. The normalized spacial score (nSPS) is 20.1. The Bertz CT molecular complexity index is 606. The molecule has 1 aliphatic carbocycles. The molecule has 2 nitrogen and oxygen atoms in total. The lowest BCUT2D eigenvalue weighted by molar-refractivity contribution is -0.168. The Morgan fingerprint density at radius 2 is 2.00 bits per heavy atom. The Hall–Kier alpha value is -1.70. The van der Waals surface area contributed by atoms with Crippen LogP contribution in [-0.2, 0) is 6.42 Å². The lowest BCUT2D eigenvalue weighted by Gasteiger charge is -2.19. The summed E-state index contributed by atoms with van der Waals surface area (Å²) in [4.78, 5) is 6.26. The van der Waals surface area contributed by atoms with Gasteiger partial charge in [-0.1, -0.05) is 11.8 Å². The summed E-state index contributed by atoms with van der Waals surface area (Å²) < 4.78 is 38.8. The molecule has 0 atom stereocenters. The summed E-state index contributed by atoms with van der Waals surface area (Å²) in [6, 6.07) is 0. The Balaban J connectivity index is 1.97. The van der Waals surface area contributed by atoms with E-state index in [1.54, 1.807) is 12.4 Å². The van der Waals surface area contributed by atoms with Crippen molar-refractivity contribution in [3.05, 3.63) is 23.5 Å². The molecule has 1 aromatic heterocycles. The van der Waals surface area contributed by atoms with Gasteiger partial charge in [0.1, 0.15) is 5.41 Å². The zero-order valence-electron chi connectivity index (χ0n) is 11.9. The van der Waals surface area contributed by atoms with Gasteiger partial charge in [-0.15, -0.1) is 0 Å². The highest BCUT2D eigenvalue weighted by atomic mass is 19.4. The molecule has 1 aromatic rings. The van der Waals surface area contributed by atoms with Crippen molar-refractivity contribution in [1.82, 2.24) is 4.98 Å². The van der Waals surface area contributed by atoms with E-state index in [1.165, 1.54) is 0 Å². The molecule has 2 aliphatic rings. The molecule has 0 spiro atoms. The van der Waals surface area contributed by atoms with Gasteiger partial charge in [0.25, 0.3) is 0 Å². The van der Waals surface area contributed by atoms with Crippen LogP contribution in [0.2, 0.25) is 0 Å². The molecule has 112 valence electrons. The van der Waals surface area contributed by atoms with Gasteiger partial charge in [-0.25, -0.2) is 0 Å². The number of nitrogens with zero attached hydrogens (tertiary/aromatic N) is 2. The highest BCUT2D eigenvalue weighted by molar-refractivity contribution is 5.59. The fourth-order valence-electron chi connectivity index (χ4n) is 2.74. The second kappa shape index (κ2) is 4.94. The number of alkyl halides is 3. The summed E-state index contributed by atoms with van der Waals surface area (Å²) in [6.07, 6.45) is 2.34. The van der Waals surface area contributed by atoms with Gasteiger partial charge in [-0.05, 0) is 37.7 Å². The topological polar surface area (TPSA) is 16.1 Å². The molecular weight excluding hydrogens is 277 g/mol. The minimum atomic E-state index is -4.23. The highest BCUT2D eigenvalue weighted by Gasteiger charge is 2.62. The van der Waals surface area contributed by atoms with Crippen LogP contribution in [0.25, 0.3) is 0 Å². The lowest BCUT2D eigenvalue weighted by atomic mass is 10.0. The number of anilines is 1. The molecule has 0 N–H and O–H groups in total. The average Bonchev–Trinajstić information content (AvgIpc) is 3.22. The first-order valence-electron chi connectivity index (χ1n) is 7.21. The van der Waals surface area contributed by atoms with Gasteiger partial charge in [0.2, 0.25) is 0 Å². The van der Waals surface area contributed by atoms with Crippen molar-refractivity contribution in [3.8, 4) is 11.8 Å². The maximum absolute atomic E-state index is 12.9. The van der Waals surface area contributed by atoms with E-state index in [2.05, 4.69) is 21.7 Å².